The van der Waals surface area contributed by atoms with Crippen LogP contribution in [0.25, 0.3) is 22.0 Å². The van der Waals surface area contributed by atoms with E-state index in [4.69, 9.17) is 16.3 Å². The molecule has 4 rings (SSSR count). The van der Waals surface area contributed by atoms with E-state index in [2.05, 4.69) is 4.98 Å². The molecule has 0 aliphatic carbocycles. The molecule has 0 unspecified atom stereocenters. The second-order valence-corrected chi connectivity index (χ2v) is 8.51. The number of piperidine rings is 1. The average molecular weight is 473 g/mol. The minimum Gasteiger partial charge on any atom is -0.481 e. The van der Waals surface area contributed by atoms with Gasteiger partial charge in [-0.25, -0.2) is 4.39 Å². The summed E-state index contributed by atoms with van der Waals surface area (Å²) in [7, 11) is 0. The number of carbonyl (C=O) groups is 2. The molecule has 172 valence electrons. The number of fused-ring (bicyclic) bond motifs is 1. The molecule has 1 aliphatic rings. The third-order valence-corrected chi connectivity index (χ3v) is 6.09. The third-order valence-electron chi connectivity index (χ3n) is 5.78. The molecule has 1 amide bonds. The van der Waals surface area contributed by atoms with E-state index < -0.39 is 23.8 Å². The van der Waals surface area contributed by atoms with Crippen LogP contribution in [0.5, 0.6) is 5.75 Å². The predicted molar refractivity (Wildman–Crippen MR) is 122 cm³/mol. The molecule has 0 saturated carbocycles. The highest BCUT2D eigenvalue weighted by Crippen LogP contribution is 2.33. The zero-order valence-corrected chi connectivity index (χ0v) is 18.6. The molecule has 1 aromatic heterocycles. The Morgan fingerprint density at radius 1 is 1.21 bits per heavy atom. The summed E-state index contributed by atoms with van der Waals surface area (Å²) in [4.78, 5) is 40.6. The molecule has 0 spiro atoms. The zero-order chi connectivity index (χ0) is 23.7. The summed E-state index contributed by atoms with van der Waals surface area (Å²) in [5.74, 6) is -1.88. The number of pyridine rings is 1. The number of rotatable bonds is 5. The van der Waals surface area contributed by atoms with E-state index in [1.54, 1.807) is 25.1 Å². The van der Waals surface area contributed by atoms with E-state index >= 15 is 0 Å². The highest BCUT2D eigenvalue weighted by Gasteiger charge is 2.31. The van der Waals surface area contributed by atoms with Crippen molar-refractivity contribution < 1.29 is 23.8 Å². The van der Waals surface area contributed by atoms with Gasteiger partial charge in [0.1, 0.15) is 11.6 Å². The van der Waals surface area contributed by atoms with Gasteiger partial charge < -0.3 is 19.7 Å². The van der Waals surface area contributed by atoms with Crippen molar-refractivity contribution in [3.8, 4) is 16.9 Å². The van der Waals surface area contributed by atoms with Crippen molar-refractivity contribution in [3.05, 3.63) is 63.7 Å². The first-order valence-electron chi connectivity index (χ1n) is 10.5. The van der Waals surface area contributed by atoms with Crippen molar-refractivity contribution in [3.63, 3.8) is 0 Å². The summed E-state index contributed by atoms with van der Waals surface area (Å²) in [6, 6.07) is 10.4. The van der Waals surface area contributed by atoms with Gasteiger partial charge in [-0.1, -0.05) is 11.6 Å². The number of carboxylic acid groups (broad SMARTS) is 1. The maximum atomic E-state index is 13.5. The van der Waals surface area contributed by atoms with Crippen LogP contribution in [0.15, 0.2) is 47.3 Å². The van der Waals surface area contributed by atoms with Crippen LogP contribution >= 0.6 is 11.6 Å². The highest BCUT2D eigenvalue weighted by molar-refractivity contribution is 6.33. The van der Waals surface area contributed by atoms with Gasteiger partial charge in [-0.2, -0.15) is 0 Å². The van der Waals surface area contributed by atoms with Crippen LogP contribution in [-0.4, -0.2) is 46.1 Å². The lowest BCUT2D eigenvalue weighted by atomic mass is 9.98. The SMILES string of the molecule is C[C@@H](Oc1ccc2c(-c3ccc(F)cc3Cl)cc(=O)[nH]c2c1)C(=O)N1CCC[C@H](C(=O)O)C1. The smallest absolute Gasteiger partial charge is 0.308 e. The fourth-order valence-electron chi connectivity index (χ4n) is 4.13. The quantitative estimate of drug-likeness (QED) is 0.583. The molecule has 2 atom stereocenters. The van der Waals surface area contributed by atoms with Crippen molar-refractivity contribution in [2.75, 3.05) is 13.1 Å². The number of carbonyl (C=O) groups excluding carboxylic acids is 1. The topological polar surface area (TPSA) is 99.7 Å². The maximum Gasteiger partial charge on any atom is 0.308 e. The van der Waals surface area contributed by atoms with E-state index in [9.17, 15) is 23.9 Å². The lowest BCUT2D eigenvalue weighted by Gasteiger charge is -2.32. The van der Waals surface area contributed by atoms with Crippen LogP contribution in [0, 0.1) is 11.7 Å². The normalized spacial score (nSPS) is 17.1. The monoisotopic (exact) mass is 472 g/mol. The molecule has 3 aromatic rings. The number of aromatic nitrogens is 1. The number of H-pyrrole nitrogens is 1. The average Bonchev–Trinajstić information content (AvgIpc) is 2.78. The summed E-state index contributed by atoms with van der Waals surface area (Å²) < 4.78 is 19.3. The number of nitrogens with zero attached hydrogens (tertiary/aromatic N) is 1. The number of carboxylic acids is 1. The highest BCUT2D eigenvalue weighted by atomic mass is 35.5. The fourth-order valence-corrected chi connectivity index (χ4v) is 4.40. The van der Waals surface area contributed by atoms with Gasteiger partial charge in [0.05, 0.1) is 16.5 Å². The van der Waals surface area contributed by atoms with Crippen LogP contribution < -0.4 is 10.3 Å². The first-order valence-corrected chi connectivity index (χ1v) is 10.9. The molecular formula is C24H22ClFN2O5. The fraction of sp³-hybridized carbons (Fsp3) is 0.292. The summed E-state index contributed by atoms with van der Waals surface area (Å²) in [6.45, 7) is 2.26. The third kappa shape index (κ3) is 4.85. The van der Waals surface area contributed by atoms with E-state index in [0.717, 1.165) is 0 Å². The Labute approximate surface area is 193 Å². The molecule has 1 aliphatic heterocycles. The number of ether oxygens (including phenoxy) is 1. The first-order chi connectivity index (χ1) is 15.7. The molecule has 33 heavy (non-hydrogen) atoms. The summed E-state index contributed by atoms with van der Waals surface area (Å²) in [6.07, 6.45) is 0.338. The molecular weight excluding hydrogens is 451 g/mol. The van der Waals surface area contributed by atoms with Gasteiger partial charge in [0, 0.05) is 36.2 Å². The van der Waals surface area contributed by atoms with E-state index in [-0.39, 0.29) is 23.0 Å². The van der Waals surface area contributed by atoms with Crippen molar-refractivity contribution in [2.24, 2.45) is 5.92 Å². The number of halogens is 2. The second-order valence-electron chi connectivity index (χ2n) is 8.10. The summed E-state index contributed by atoms with van der Waals surface area (Å²) in [5.41, 5.74) is 1.16. The van der Waals surface area contributed by atoms with Gasteiger partial charge >= 0.3 is 5.97 Å². The summed E-state index contributed by atoms with van der Waals surface area (Å²) >= 11 is 6.20. The summed E-state index contributed by atoms with van der Waals surface area (Å²) in [5, 5.41) is 10.1. The Kier molecular flexibility index (Phi) is 6.37. The molecule has 9 heteroatoms. The largest absolute Gasteiger partial charge is 0.481 e. The van der Waals surface area contributed by atoms with Crippen molar-refractivity contribution in [2.45, 2.75) is 25.9 Å². The van der Waals surface area contributed by atoms with E-state index in [1.807, 2.05) is 0 Å². The minimum atomic E-state index is -0.906. The molecule has 2 N–H and O–H groups in total. The lowest BCUT2D eigenvalue weighted by molar-refractivity contribution is -0.147. The number of hydrogen-bond acceptors (Lipinski definition) is 4. The number of nitrogens with one attached hydrogen (secondary N) is 1. The van der Waals surface area contributed by atoms with Gasteiger partial charge in [0.15, 0.2) is 6.10 Å². The van der Waals surface area contributed by atoms with Crippen LogP contribution in [0.1, 0.15) is 19.8 Å². The molecule has 7 nitrogen and oxygen atoms in total. The van der Waals surface area contributed by atoms with Crippen molar-refractivity contribution in [1.82, 2.24) is 9.88 Å². The van der Waals surface area contributed by atoms with Gasteiger partial charge in [-0.3, -0.25) is 14.4 Å². The van der Waals surface area contributed by atoms with Crippen LogP contribution in [-0.2, 0) is 9.59 Å². The van der Waals surface area contributed by atoms with Crippen molar-refractivity contribution in [1.29, 1.82) is 0 Å². The van der Waals surface area contributed by atoms with E-state index in [0.29, 0.717) is 47.2 Å². The maximum absolute atomic E-state index is 13.5. The van der Waals surface area contributed by atoms with Crippen molar-refractivity contribution >= 4 is 34.4 Å². The van der Waals surface area contributed by atoms with Gasteiger partial charge in [-0.05, 0) is 55.7 Å². The number of amides is 1. The zero-order valence-electron chi connectivity index (χ0n) is 17.8. The molecule has 2 heterocycles. The first kappa shape index (κ1) is 22.8. The molecule has 0 radical (unpaired) electrons. The number of aliphatic carboxylic acids is 1. The molecule has 2 aromatic carbocycles. The van der Waals surface area contributed by atoms with Gasteiger partial charge in [-0.15, -0.1) is 0 Å². The number of likely N-dealkylation sites (tertiary alicyclic amines) is 1. The second kappa shape index (κ2) is 9.23. The Bertz CT molecular complexity index is 1290. The van der Waals surface area contributed by atoms with E-state index in [1.165, 1.54) is 29.2 Å². The number of aromatic amines is 1. The molecule has 0 bridgehead atoms. The Hall–Kier alpha value is -3.39. The van der Waals surface area contributed by atoms with Crippen LogP contribution in [0.3, 0.4) is 0 Å². The number of benzene rings is 2. The molecule has 1 saturated heterocycles. The number of hydrogen-bond donors (Lipinski definition) is 2. The minimum absolute atomic E-state index is 0.161. The standard InChI is InChI=1S/C24H22ClFN2O5/c1-13(23(30)28-8-2-3-14(12-28)24(31)32)33-16-5-7-18-19(11-22(29)27-21(18)10-16)17-6-4-15(26)9-20(17)25/h4-7,9-11,13-14H,2-3,8,12H2,1H3,(H,27,29)(H,31,32)/t13-,14+/m1/s1. The lowest BCUT2D eigenvalue weighted by Crippen LogP contribution is -2.47. The van der Waals surface area contributed by atoms with Gasteiger partial charge in [0.2, 0.25) is 5.56 Å². The van der Waals surface area contributed by atoms with Gasteiger partial charge in [0.25, 0.3) is 5.91 Å². The Morgan fingerprint density at radius 2 is 2.00 bits per heavy atom. The molecule has 1 fully saturated rings. The Balaban J connectivity index is 1.59. The van der Waals surface area contributed by atoms with Crippen LogP contribution in [0.2, 0.25) is 5.02 Å². The Morgan fingerprint density at radius 3 is 2.73 bits per heavy atom. The van der Waals surface area contributed by atoms with Crippen LogP contribution in [0.4, 0.5) is 4.39 Å². The predicted octanol–water partition coefficient (Wildman–Crippen LogP) is 4.08.